The average molecular weight is 392 g/mol. The summed E-state index contributed by atoms with van der Waals surface area (Å²) in [4.78, 5) is 25.1. The lowest BCUT2D eigenvalue weighted by Crippen LogP contribution is -2.40. The number of carbonyl (C=O) groups is 2. The third kappa shape index (κ3) is 6.48. The second kappa shape index (κ2) is 10.0. The van der Waals surface area contributed by atoms with Gasteiger partial charge < -0.3 is 24.8 Å². The molecule has 0 saturated carbocycles. The molecular formula is C21H32N2O5. The van der Waals surface area contributed by atoms with Gasteiger partial charge in [0, 0.05) is 12.0 Å². The van der Waals surface area contributed by atoms with Crippen molar-refractivity contribution in [3.63, 3.8) is 0 Å². The second-order valence-corrected chi connectivity index (χ2v) is 7.82. The number of ether oxygens (including phenoxy) is 3. The molecule has 0 spiro atoms. The Morgan fingerprint density at radius 3 is 1.96 bits per heavy atom. The zero-order valence-electron chi connectivity index (χ0n) is 18.1. The molecule has 0 fully saturated rings. The SMILES string of the molecule is COc1cc(/C=C(/NC(=O)C(C)(C)C)C(=O)NCC(C)C)cc(OC)c1OC. The predicted octanol–water partition coefficient (Wildman–Crippen LogP) is 2.99. The first-order valence-corrected chi connectivity index (χ1v) is 9.14. The lowest BCUT2D eigenvalue weighted by molar-refractivity contribution is -0.129. The van der Waals surface area contributed by atoms with Crippen LogP contribution in [0.5, 0.6) is 17.2 Å². The fourth-order valence-corrected chi connectivity index (χ4v) is 2.21. The standard InChI is InChI=1S/C21H32N2O5/c1-13(2)12-22-19(24)15(23-20(25)21(3,4)5)9-14-10-16(26-6)18(28-8)17(11-14)27-7/h9-11,13H,12H2,1-8H3,(H,22,24)(H,23,25)/b15-9+. The summed E-state index contributed by atoms with van der Waals surface area (Å²) in [5.74, 6) is 1.02. The summed E-state index contributed by atoms with van der Waals surface area (Å²) in [6.45, 7) is 9.84. The van der Waals surface area contributed by atoms with Crippen molar-refractivity contribution >= 4 is 17.9 Å². The first-order valence-electron chi connectivity index (χ1n) is 9.14. The summed E-state index contributed by atoms with van der Waals surface area (Å²) < 4.78 is 16.0. The molecule has 7 nitrogen and oxygen atoms in total. The zero-order chi connectivity index (χ0) is 21.5. The molecule has 0 atom stereocenters. The van der Waals surface area contributed by atoms with E-state index < -0.39 is 5.41 Å². The molecule has 0 unspecified atom stereocenters. The van der Waals surface area contributed by atoms with Crippen molar-refractivity contribution in [3.8, 4) is 17.2 Å². The van der Waals surface area contributed by atoms with Gasteiger partial charge in [-0.25, -0.2) is 0 Å². The number of carbonyl (C=O) groups excluding carboxylic acids is 2. The minimum absolute atomic E-state index is 0.148. The van der Waals surface area contributed by atoms with Gasteiger partial charge in [-0.1, -0.05) is 34.6 Å². The zero-order valence-corrected chi connectivity index (χ0v) is 18.1. The molecule has 0 aliphatic carbocycles. The van der Waals surface area contributed by atoms with Crippen molar-refractivity contribution in [2.75, 3.05) is 27.9 Å². The number of rotatable bonds is 8. The maximum atomic E-state index is 12.7. The van der Waals surface area contributed by atoms with Gasteiger partial charge in [-0.2, -0.15) is 0 Å². The summed E-state index contributed by atoms with van der Waals surface area (Å²) in [6.07, 6.45) is 1.59. The van der Waals surface area contributed by atoms with Crippen LogP contribution in [-0.4, -0.2) is 39.7 Å². The van der Waals surface area contributed by atoms with Crippen LogP contribution in [0.1, 0.15) is 40.2 Å². The van der Waals surface area contributed by atoms with Crippen LogP contribution in [0.3, 0.4) is 0 Å². The van der Waals surface area contributed by atoms with E-state index in [1.807, 2.05) is 13.8 Å². The molecule has 1 aromatic carbocycles. The van der Waals surface area contributed by atoms with E-state index in [4.69, 9.17) is 14.2 Å². The van der Waals surface area contributed by atoms with Crippen molar-refractivity contribution in [2.45, 2.75) is 34.6 Å². The summed E-state index contributed by atoms with van der Waals surface area (Å²) in [5.41, 5.74) is 0.125. The first-order chi connectivity index (χ1) is 13.0. The lowest BCUT2D eigenvalue weighted by Gasteiger charge is -2.20. The van der Waals surface area contributed by atoms with Gasteiger partial charge in [0.1, 0.15) is 5.70 Å². The van der Waals surface area contributed by atoms with E-state index in [9.17, 15) is 9.59 Å². The van der Waals surface area contributed by atoms with Crippen molar-refractivity contribution in [1.29, 1.82) is 0 Å². The van der Waals surface area contributed by atoms with E-state index in [2.05, 4.69) is 10.6 Å². The summed E-state index contributed by atoms with van der Waals surface area (Å²) in [6, 6.07) is 3.42. The fourth-order valence-electron chi connectivity index (χ4n) is 2.21. The number of hydrogen-bond donors (Lipinski definition) is 2. The van der Waals surface area contributed by atoms with E-state index in [0.29, 0.717) is 29.4 Å². The Morgan fingerprint density at radius 1 is 1.04 bits per heavy atom. The van der Waals surface area contributed by atoms with Gasteiger partial charge in [0.05, 0.1) is 21.3 Å². The van der Waals surface area contributed by atoms with Gasteiger partial charge in [0.2, 0.25) is 11.7 Å². The van der Waals surface area contributed by atoms with E-state index in [-0.39, 0.29) is 23.4 Å². The number of amides is 2. The molecule has 1 aromatic rings. The molecule has 2 amide bonds. The Hall–Kier alpha value is -2.70. The largest absolute Gasteiger partial charge is 0.493 e. The fraction of sp³-hybridized carbons (Fsp3) is 0.524. The summed E-state index contributed by atoms with van der Waals surface area (Å²) in [7, 11) is 4.55. The normalized spacial score (nSPS) is 11.8. The van der Waals surface area contributed by atoms with Crippen LogP contribution >= 0.6 is 0 Å². The van der Waals surface area contributed by atoms with Crippen LogP contribution in [0.4, 0.5) is 0 Å². The molecule has 0 aromatic heterocycles. The number of hydrogen-bond acceptors (Lipinski definition) is 5. The molecule has 1 rings (SSSR count). The minimum atomic E-state index is -0.646. The topological polar surface area (TPSA) is 85.9 Å². The molecule has 0 saturated heterocycles. The van der Waals surface area contributed by atoms with Crippen molar-refractivity contribution < 1.29 is 23.8 Å². The second-order valence-electron chi connectivity index (χ2n) is 7.82. The van der Waals surface area contributed by atoms with Gasteiger partial charge in [-0.05, 0) is 29.7 Å². The number of nitrogens with one attached hydrogen (secondary N) is 2. The number of methoxy groups -OCH3 is 3. The monoisotopic (exact) mass is 392 g/mol. The Bertz CT molecular complexity index is 708. The molecule has 0 aliphatic rings. The lowest BCUT2D eigenvalue weighted by atomic mass is 9.95. The van der Waals surface area contributed by atoms with Crippen molar-refractivity contribution in [1.82, 2.24) is 10.6 Å². The summed E-state index contributed by atoms with van der Waals surface area (Å²) in [5, 5.41) is 5.56. The first kappa shape index (κ1) is 23.3. The Kier molecular flexibility index (Phi) is 8.35. The molecular weight excluding hydrogens is 360 g/mol. The molecule has 0 aliphatic heterocycles. The minimum Gasteiger partial charge on any atom is -0.493 e. The Balaban J connectivity index is 3.37. The summed E-state index contributed by atoms with van der Waals surface area (Å²) >= 11 is 0. The van der Waals surface area contributed by atoms with Crippen LogP contribution in [0.25, 0.3) is 6.08 Å². The smallest absolute Gasteiger partial charge is 0.267 e. The van der Waals surface area contributed by atoms with Gasteiger partial charge in [-0.3, -0.25) is 9.59 Å². The van der Waals surface area contributed by atoms with Crippen LogP contribution in [0.15, 0.2) is 17.8 Å². The highest BCUT2D eigenvalue weighted by atomic mass is 16.5. The van der Waals surface area contributed by atoms with Crippen LogP contribution < -0.4 is 24.8 Å². The van der Waals surface area contributed by atoms with E-state index in [1.54, 1.807) is 39.0 Å². The highest BCUT2D eigenvalue weighted by molar-refractivity contribution is 6.02. The van der Waals surface area contributed by atoms with Crippen molar-refractivity contribution in [3.05, 3.63) is 23.4 Å². The van der Waals surface area contributed by atoms with Crippen LogP contribution in [-0.2, 0) is 9.59 Å². The van der Waals surface area contributed by atoms with E-state index in [1.165, 1.54) is 21.3 Å². The van der Waals surface area contributed by atoms with Gasteiger partial charge in [0.15, 0.2) is 11.5 Å². The van der Waals surface area contributed by atoms with Crippen LogP contribution in [0.2, 0.25) is 0 Å². The van der Waals surface area contributed by atoms with Gasteiger partial charge >= 0.3 is 0 Å². The van der Waals surface area contributed by atoms with Crippen LogP contribution in [0, 0.1) is 11.3 Å². The molecule has 0 radical (unpaired) electrons. The number of benzene rings is 1. The maximum Gasteiger partial charge on any atom is 0.267 e. The van der Waals surface area contributed by atoms with Crippen molar-refractivity contribution in [2.24, 2.45) is 11.3 Å². The quantitative estimate of drug-likeness (QED) is 0.664. The Morgan fingerprint density at radius 2 is 1.57 bits per heavy atom. The van der Waals surface area contributed by atoms with Gasteiger partial charge in [0.25, 0.3) is 5.91 Å². The Labute approximate surface area is 167 Å². The predicted molar refractivity (Wildman–Crippen MR) is 110 cm³/mol. The molecule has 156 valence electrons. The molecule has 7 heteroatoms. The van der Waals surface area contributed by atoms with Gasteiger partial charge in [-0.15, -0.1) is 0 Å². The maximum absolute atomic E-state index is 12.7. The highest BCUT2D eigenvalue weighted by Crippen LogP contribution is 2.38. The van der Waals surface area contributed by atoms with E-state index >= 15 is 0 Å². The third-order valence-electron chi connectivity index (χ3n) is 3.84. The molecule has 0 heterocycles. The average Bonchev–Trinajstić information content (AvgIpc) is 2.63. The third-order valence-corrected chi connectivity index (χ3v) is 3.84. The molecule has 28 heavy (non-hydrogen) atoms. The highest BCUT2D eigenvalue weighted by Gasteiger charge is 2.24. The molecule has 0 bridgehead atoms. The van der Waals surface area contributed by atoms with E-state index in [0.717, 1.165) is 0 Å². The molecule has 2 N–H and O–H groups in total.